The van der Waals surface area contributed by atoms with Crippen molar-refractivity contribution in [1.82, 2.24) is 4.90 Å². The predicted molar refractivity (Wildman–Crippen MR) is 90.7 cm³/mol. The van der Waals surface area contributed by atoms with Crippen LogP contribution < -0.4 is 0 Å². The van der Waals surface area contributed by atoms with Crippen LogP contribution in [-0.4, -0.2) is 24.5 Å². The van der Waals surface area contributed by atoms with Crippen LogP contribution in [-0.2, 0) is 0 Å². The van der Waals surface area contributed by atoms with Gasteiger partial charge >= 0.3 is 0 Å². The van der Waals surface area contributed by atoms with Crippen molar-refractivity contribution in [2.75, 3.05) is 19.6 Å². The van der Waals surface area contributed by atoms with Crippen molar-refractivity contribution in [3.8, 4) is 0 Å². The Bertz CT molecular complexity index is 388. The average molecular weight is 285 g/mol. The van der Waals surface area contributed by atoms with E-state index in [-0.39, 0.29) is 0 Å². The summed E-state index contributed by atoms with van der Waals surface area (Å²) in [5, 5.41) is 0. The highest BCUT2D eigenvalue weighted by Crippen LogP contribution is 2.38. The quantitative estimate of drug-likeness (QED) is 0.716. The fourth-order valence-electron chi connectivity index (χ4n) is 4.42. The van der Waals surface area contributed by atoms with Crippen molar-refractivity contribution >= 4 is 0 Å². The molecule has 0 bridgehead atoms. The van der Waals surface area contributed by atoms with E-state index >= 15 is 0 Å². The van der Waals surface area contributed by atoms with Gasteiger partial charge in [0, 0.05) is 0 Å². The van der Waals surface area contributed by atoms with Crippen molar-refractivity contribution in [2.45, 2.75) is 63.7 Å². The maximum Gasteiger partial charge on any atom is -0.00128 e. The molecule has 0 radical (unpaired) electrons. The van der Waals surface area contributed by atoms with Crippen LogP contribution >= 0.6 is 0 Å². The Morgan fingerprint density at radius 2 is 1.52 bits per heavy atom. The Kier molecular flexibility index (Phi) is 5.74. The number of hydrogen-bond acceptors (Lipinski definition) is 1. The third kappa shape index (κ3) is 4.32. The molecule has 2 fully saturated rings. The van der Waals surface area contributed by atoms with Gasteiger partial charge in [0.05, 0.1) is 0 Å². The van der Waals surface area contributed by atoms with Gasteiger partial charge < -0.3 is 4.90 Å². The average Bonchev–Trinajstić information content (AvgIpc) is 2.58. The molecular formula is C20H31N. The van der Waals surface area contributed by atoms with E-state index in [0.717, 1.165) is 11.8 Å². The molecule has 1 saturated carbocycles. The summed E-state index contributed by atoms with van der Waals surface area (Å²) < 4.78 is 0. The first-order valence-corrected chi connectivity index (χ1v) is 9.21. The summed E-state index contributed by atoms with van der Waals surface area (Å²) in [6.07, 6.45) is 12.9. The van der Waals surface area contributed by atoms with Gasteiger partial charge in [0.2, 0.25) is 0 Å². The van der Waals surface area contributed by atoms with Gasteiger partial charge in [0.25, 0.3) is 0 Å². The molecule has 1 aliphatic heterocycles. The molecule has 0 spiro atoms. The van der Waals surface area contributed by atoms with E-state index in [4.69, 9.17) is 0 Å². The van der Waals surface area contributed by atoms with E-state index in [2.05, 4.69) is 35.2 Å². The summed E-state index contributed by atoms with van der Waals surface area (Å²) >= 11 is 0. The molecular weight excluding hydrogens is 254 g/mol. The van der Waals surface area contributed by atoms with Gasteiger partial charge in [-0.05, 0) is 69.1 Å². The summed E-state index contributed by atoms with van der Waals surface area (Å²) in [6, 6.07) is 11.4. The first-order valence-electron chi connectivity index (χ1n) is 9.21. The number of piperidine rings is 1. The van der Waals surface area contributed by atoms with E-state index in [1.54, 1.807) is 5.56 Å². The largest absolute Gasteiger partial charge is 0.303 e. The Labute approximate surface area is 130 Å². The lowest BCUT2D eigenvalue weighted by Crippen LogP contribution is -2.32. The van der Waals surface area contributed by atoms with Crippen molar-refractivity contribution in [1.29, 1.82) is 0 Å². The van der Waals surface area contributed by atoms with Crippen LogP contribution in [0.5, 0.6) is 0 Å². The van der Waals surface area contributed by atoms with Gasteiger partial charge in [0.1, 0.15) is 0 Å². The Balaban J connectivity index is 1.63. The number of nitrogens with zero attached hydrogens (tertiary/aromatic N) is 1. The lowest BCUT2D eigenvalue weighted by atomic mass is 9.75. The molecule has 1 saturated heterocycles. The molecule has 0 aromatic heterocycles. The molecule has 3 rings (SSSR count). The molecule has 0 amide bonds. The fraction of sp³-hybridized carbons (Fsp3) is 0.700. The van der Waals surface area contributed by atoms with Crippen LogP contribution in [0.2, 0.25) is 0 Å². The zero-order chi connectivity index (χ0) is 14.3. The molecule has 116 valence electrons. The third-order valence-corrected chi connectivity index (χ3v) is 5.65. The smallest absolute Gasteiger partial charge is 0.00128 e. The minimum atomic E-state index is 0.799. The second-order valence-electron chi connectivity index (χ2n) is 7.11. The SMILES string of the molecule is c1ccc([C@@H](CCN2CCCCC2)C2CCCCC2)cc1. The summed E-state index contributed by atoms with van der Waals surface area (Å²) in [5.41, 5.74) is 1.60. The molecule has 1 aromatic carbocycles. The molecule has 1 heteroatoms. The van der Waals surface area contributed by atoms with Gasteiger partial charge in [0.15, 0.2) is 0 Å². The van der Waals surface area contributed by atoms with Crippen molar-refractivity contribution < 1.29 is 0 Å². The fourth-order valence-corrected chi connectivity index (χ4v) is 4.42. The monoisotopic (exact) mass is 285 g/mol. The minimum Gasteiger partial charge on any atom is -0.303 e. The number of rotatable bonds is 5. The summed E-state index contributed by atoms with van der Waals surface area (Å²) in [7, 11) is 0. The van der Waals surface area contributed by atoms with Crippen molar-refractivity contribution in [3.05, 3.63) is 35.9 Å². The van der Waals surface area contributed by atoms with E-state index in [9.17, 15) is 0 Å². The lowest BCUT2D eigenvalue weighted by molar-refractivity contribution is 0.203. The van der Waals surface area contributed by atoms with Crippen LogP contribution in [0.1, 0.15) is 69.3 Å². The predicted octanol–water partition coefficient (Wildman–Crippen LogP) is 5.23. The summed E-state index contributed by atoms with van der Waals surface area (Å²) in [6.45, 7) is 3.99. The second kappa shape index (κ2) is 7.98. The lowest BCUT2D eigenvalue weighted by Gasteiger charge is -2.33. The third-order valence-electron chi connectivity index (χ3n) is 5.65. The summed E-state index contributed by atoms with van der Waals surface area (Å²) in [4.78, 5) is 2.71. The van der Waals surface area contributed by atoms with Crippen LogP contribution in [0.25, 0.3) is 0 Å². The normalized spacial score (nSPS) is 23.0. The number of benzene rings is 1. The number of hydrogen-bond donors (Lipinski definition) is 0. The first-order chi connectivity index (χ1) is 10.4. The molecule has 0 N–H and O–H groups in total. The first kappa shape index (κ1) is 15.1. The van der Waals surface area contributed by atoms with Gasteiger partial charge in [-0.25, -0.2) is 0 Å². The van der Waals surface area contributed by atoms with Gasteiger partial charge in [-0.15, -0.1) is 0 Å². The molecule has 2 aliphatic rings. The van der Waals surface area contributed by atoms with E-state index in [1.807, 2.05) is 0 Å². The Hall–Kier alpha value is -0.820. The van der Waals surface area contributed by atoms with Gasteiger partial charge in [-0.2, -0.15) is 0 Å². The van der Waals surface area contributed by atoms with Crippen LogP contribution in [0.3, 0.4) is 0 Å². The zero-order valence-electron chi connectivity index (χ0n) is 13.5. The van der Waals surface area contributed by atoms with Gasteiger partial charge in [-0.1, -0.05) is 56.0 Å². The highest BCUT2D eigenvalue weighted by atomic mass is 15.1. The molecule has 1 nitrogen and oxygen atoms in total. The topological polar surface area (TPSA) is 3.24 Å². The molecule has 1 aromatic rings. The summed E-state index contributed by atoms with van der Waals surface area (Å²) in [5.74, 6) is 1.74. The molecule has 1 aliphatic carbocycles. The van der Waals surface area contributed by atoms with Crippen molar-refractivity contribution in [2.24, 2.45) is 5.92 Å². The van der Waals surface area contributed by atoms with Crippen LogP contribution in [0.4, 0.5) is 0 Å². The molecule has 1 heterocycles. The van der Waals surface area contributed by atoms with Crippen molar-refractivity contribution in [3.63, 3.8) is 0 Å². The maximum absolute atomic E-state index is 2.71. The standard InChI is InChI=1S/C20H31N/c1-4-10-18(11-5-1)20(19-12-6-2-7-13-19)14-17-21-15-8-3-9-16-21/h1,4-5,10-11,19-20H,2-3,6-9,12-17H2/t20-/m1/s1. The second-order valence-corrected chi connectivity index (χ2v) is 7.11. The van der Waals surface area contributed by atoms with Crippen LogP contribution in [0.15, 0.2) is 30.3 Å². The number of likely N-dealkylation sites (tertiary alicyclic amines) is 1. The molecule has 0 unspecified atom stereocenters. The molecule has 21 heavy (non-hydrogen) atoms. The highest BCUT2D eigenvalue weighted by Gasteiger charge is 2.25. The van der Waals surface area contributed by atoms with E-state index in [0.29, 0.717) is 0 Å². The van der Waals surface area contributed by atoms with E-state index < -0.39 is 0 Å². The molecule has 1 atom stereocenters. The minimum absolute atomic E-state index is 0.799. The Morgan fingerprint density at radius 1 is 0.857 bits per heavy atom. The van der Waals surface area contributed by atoms with Gasteiger partial charge in [-0.3, -0.25) is 0 Å². The highest BCUT2D eigenvalue weighted by molar-refractivity contribution is 5.20. The Morgan fingerprint density at radius 3 is 2.24 bits per heavy atom. The zero-order valence-corrected chi connectivity index (χ0v) is 13.5. The van der Waals surface area contributed by atoms with E-state index in [1.165, 1.54) is 77.4 Å². The van der Waals surface area contributed by atoms with Crippen LogP contribution in [0, 0.1) is 5.92 Å². The maximum atomic E-state index is 2.71.